The molecular formula is C12H24. The van der Waals surface area contributed by atoms with Gasteiger partial charge in [-0.05, 0) is 18.3 Å². The summed E-state index contributed by atoms with van der Waals surface area (Å²) in [6.07, 6.45) is 8.95. The third kappa shape index (κ3) is 5.40. The van der Waals surface area contributed by atoms with Crippen molar-refractivity contribution in [1.29, 1.82) is 0 Å². The summed E-state index contributed by atoms with van der Waals surface area (Å²) in [5.74, 6) is 1.51. The standard InChI is InChI=1S/C12H24/c1-5-7-8-9-10-12(6-2)11(3)4/h6,11-12H,2,5,7-10H2,1,3-4H3. The van der Waals surface area contributed by atoms with E-state index in [4.69, 9.17) is 0 Å². The van der Waals surface area contributed by atoms with Crippen molar-refractivity contribution < 1.29 is 0 Å². The summed E-state index contributed by atoms with van der Waals surface area (Å²) in [6.45, 7) is 10.7. The molecule has 0 N–H and O–H groups in total. The molecule has 72 valence electrons. The number of hydrogen-bond acceptors (Lipinski definition) is 0. The van der Waals surface area contributed by atoms with Gasteiger partial charge in [-0.25, -0.2) is 0 Å². The highest BCUT2D eigenvalue weighted by atomic mass is 14.1. The van der Waals surface area contributed by atoms with E-state index in [-0.39, 0.29) is 0 Å². The molecule has 0 radical (unpaired) electrons. The lowest BCUT2D eigenvalue weighted by Gasteiger charge is -2.15. The van der Waals surface area contributed by atoms with Gasteiger partial charge in [0.15, 0.2) is 0 Å². The second kappa shape index (κ2) is 7.39. The molecular weight excluding hydrogens is 144 g/mol. The minimum Gasteiger partial charge on any atom is -0.103 e. The largest absolute Gasteiger partial charge is 0.103 e. The van der Waals surface area contributed by atoms with Crippen LogP contribution in [0.4, 0.5) is 0 Å². The number of hydrogen-bond donors (Lipinski definition) is 0. The van der Waals surface area contributed by atoms with Gasteiger partial charge in [0.2, 0.25) is 0 Å². The molecule has 0 spiro atoms. The van der Waals surface area contributed by atoms with Gasteiger partial charge in [-0.3, -0.25) is 0 Å². The monoisotopic (exact) mass is 168 g/mol. The Labute approximate surface area is 78.1 Å². The van der Waals surface area contributed by atoms with Crippen molar-refractivity contribution in [3.8, 4) is 0 Å². The maximum Gasteiger partial charge on any atom is -0.0213 e. The van der Waals surface area contributed by atoms with Crippen LogP contribution in [0.1, 0.15) is 52.9 Å². The van der Waals surface area contributed by atoms with E-state index in [1.54, 1.807) is 0 Å². The molecule has 0 rings (SSSR count). The molecule has 0 fully saturated rings. The molecule has 0 amide bonds. The minimum absolute atomic E-state index is 0.738. The van der Waals surface area contributed by atoms with Gasteiger partial charge in [0, 0.05) is 0 Å². The first-order valence-electron chi connectivity index (χ1n) is 5.34. The van der Waals surface area contributed by atoms with Gasteiger partial charge in [-0.15, -0.1) is 6.58 Å². The first kappa shape index (κ1) is 11.7. The summed E-state index contributed by atoms with van der Waals surface area (Å²) in [5.41, 5.74) is 0. The topological polar surface area (TPSA) is 0 Å². The molecule has 0 saturated carbocycles. The molecule has 0 aromatic carbocycles. The van der Waals surface area contributed by atoms with Crippen molar-refractivity contribution in [2.45, 2.75) is 52.9 Å². The van der Waals surface area contributed by atoms with E-state index in [1.165, 1.54) is 32.1 Å². The zero-order chi connectivity index (χ0) is 9.40. The van der Waals surface area contributed by atoms with E-state index < -0.39 is 0 Å². The summed E-state index contributed by atoms with van der Waals surface area (Å²) < 4.78 is 0. The maximum absolute atomic E-state index is 3.88. The van der Waals surface area contributed by atoms with Gasteiger partial charge in [0.1, 0.15) is 0 Å². The zero-order valence-corrected chi connectivity index (χ0v) is 8.97. The normalized spacial score (nSPS) is 13.3. The van der Waals surface area contributed by atoms with Gasteiger partial charge < -0.3 is 0 Å². The lowest BCUT2D eigenvalue weighted by molar-refractivity contribution is 0.416. The quantitative estimate of drug-likeness (QED) is 0.390. The van der Waals surface area contributed by atoms with E-state index in [9.17, 15) is 0 Å². The maximum atomic E-state index is 3.88. The second-order valence-electron chi connectivity index (χ2n) is 3.99. The van der Waals surface area contributed by atoms with Gasteiger partial charge in [0.25, 0.3) is 0 Å². The van der Waals surface area contributed by atoms with Crippen molar-refractivity contribution in [3.63, 3.8) is 0 Å². The van der Waals surface area contributed by atoms with Crippen LogP contribution >= 0.6 is 0 Å². The lowest BCUT2D eigenvalue weighted by atomic mass is 9.90. The SMILES string of the molecule is C=CC(CCCCCC)C(C)C. The highest BCUT2D eigenvalue weighted by Gasteiger charge is 2.07. The molecule has 1 atom stereocenters. The molecule has 0 aliphatic heterocycles. The van der Waals surface area contributed by atoms with E-state index in [1.807, 2.05) is 0 Å². The molecule has 0 aromatic heterocycles. The summed E-state index contributed by atoms with van der Waals surface area (Å²) in [7, 11) is 0. The summed E-state index contributed by atoms with van der Waals surface area (Å²) in [6, 6.07) is 0. The first-order valence-corrected chi connectivity index (χ1v) is 5.34. The molecule has 0 nitrogen and oxygen atoms in total. The Morgan fingerprint density at radius 2 is 1.83 bits per heavy atom. The molecule has 0 saturated heterocycles. The highest BCUT2D eigenvalue weighted by Crippen LogP contribution is 2.19. The Kier molecular flexibility index (Phi) is 7.23. The van der Waals surface area contributed by atoms with Crippen LogP contribution in [0.5, 0.6) is 0 Å². The van der Waals surface area contributed by atoms with Gasteiger partial charge in [0.05, 0.1) is 0 Å². The molecule has 0 aliphatic rings. The fourth-order valence-electron chi connectivity index (χ4n) is 1.53. The number of rotatable bonds is 7. The first-order chi connectivity index (χ1) is 5.72. The predicted molar refractivity (Wildman–Crippen MR) is 57.3 cm³/mol. The molecule has 0 aromatic rings. The average molecular weight is 168 g/mol. The Morgan fingerprint density at radius 3 is 2.25 bits per heavy atom. The van der Waals surface area contributed by atoms with Crippen molar-refractivity contribution in [3.05, 3.63) is 12.7 Å². The Hall–Kier alpha value is -0.260. The van der Waals surface area contributed by atoms with E-state index in [0.29, 0.717) is 0 Å². The Balaban J connectivity index is 3.38. The van der Waals surface area contributed by atoms with E-state index >= 15 is 0 Å². The van der Waals surface area contributed by atoms with Crippen LogP contribution in [0.15, 0.2) is 12.7 Å². The van der Waals surface area contributed by atoms with Crippen LogP contribution < -0.4 is 0 Å². The van der Waals surface area contributed by atoms with Crippen LogP contribution in [0.2, 0.25) is 0 Å². The van der Waals surface area contributed by atoms with E-state index in [0.717, 1.165) is 11.8 Å². The van der Waals surface area contributed by atoms with Gasteiger partial charge >= 0.3 is 0 Å². The van der Waals surface area contributed by atoms with Crippen molar-refractivity contribution in [2.75, 3.05) is 0 Å². The highest BCUT2D eigenvalue weighted by molar-refractivity contribution is 4.80. The Bertz CT molecular complexity index is 103. The van der Waals surface area contributed by atoms with Gasteiger partial charge in [-0.1, -0.05) is 52.5 Å². The minimum atomic E-state index is 0.738. The van der Waals surface area contributed by atoms with Crippen LogP contribution in [0.3, 0.4) is 0 Å². The summed E-state index contributed by atoms with van der Waals surface area (Å²) in [4.78, 5) is 0. The van der Waals surface area contributed by atoms with Crippen LogP contribution in [-0.4, -0.2) is 0 Å². The number of unbranched alkanes of at least 4 members (excludes halogenated alkanes) is 3. The molecule has 12 heavy (non-hydrogen) atoms. The predicted octanol–water partition coefficient (Wildman–Crippen LogP) is 4.42. The molecule has 0 heterocycles. The summed E-state index contributed by atoms with van der Waals surface area (Å²) in [5, 5.41) is 0. The van der Waals surface area contributed by atoms with E-state index in [2.05, 4.69) is 33.4 Å². The van der Waals surface area contributed by atoms with Crippen molar-refractivity contribution >= 4 is 0 Å². The fraction of sp³-hybridized carbons (Fsp3) is 0.833. The third-order valence-electron chi connectivity index (χ3n) is 2.55. The van der Waals surface area contributed by atoms with Crippen LogP contribution in [-0.2, 0) is 0 Å². The van der Waals surface area contributed by atoms with Crippen molar-refractivity contribution in [2.24, 2.45) is 11.8 Å². The Morgan fingerprint density at radius 1 is 1.17 bits per heavy atom. The van der Waals surface area contributed by atoms with Crippen LogP contribution in [0.25, 0.3) is 0 Å². The molecule has 0 aliphatic carbocycles. The fourth-order valence-corrected chi connectivity index (χ4v) is 1.53. The molecule has 0 bridgehead atoms. The average Bonchev–Trinajstić information content (AvgIpc) is 2.04. The molecule has 1 unspecified atom stereocenters. The molecule has 0 heteroatoms. The lowest BCUT2D eigenvalue weighted by Crippen LogP contribution is -2.04. The second-order valence-corrected chi connectivity index (χ2v) is 3.99. The smallest absolute Gasteiger partial charge is 0.0213 e. The number of allylic oxidation sites excluding steroid dienone is 1. The zero-order valence-electron chi connectivity index (χ0n) is 8.97. The van der Waals surface area contributed by atoms with Crippen LogP contribution in [0, 0.1) is 11.8 Å². The van der Waals surface area contributed by atoms with Gasteiger partial charge in [-0.2, -0.15) is 0 Å². The van der Waals surface area contributed by atoms with Crippen molar-refractivity contribution in [1.82, 2.24) is 0 Å². The summed E-state index contributed by atoms with van der Waals surface area (Å²) >= 11 is 0. The third-order valence-corrected chi connectivity index (χ3v) is 2.55.